The quantitative estimate of drug-likeness (QED) is 0.411. The molecule has 0 saturated heterocycles. The standard InChI is InChI=1S/C27H31FN4O4S/c1-27(2)11-20-23(21(33)12-27)17-7-8-37-26(17)32(20)15-9-18(28)24(25(30)35)19(10-15)31-14-3-5-16(6-4-14)36-22(34)13-29/h7-10,14,16,31H,3-6,11-13,29H2,1-2H3,(H2,30,35)/t14-,16-. The van der Waals surface area contributed by atoms with Gasteiger partial charge >= 0.3 is 5.97 Å². The van der Waals surface area contributed by atoms with E-state index in [1.54, 1.807) is 6.07 Å². The van der Waals surface area contributed by atoms with Crippen LogP contribution in [-0.4, -0.2) is 40.9 Å². The lowest BCUT2D eigenvalue weighted by Crippen LogP contribution is -2.33. The largest absolute Gasteiger partial charge is 0.461 e. The van der Waals surface area contributed by atoms with Crippen molar-refractivity contribution in [3.63, 3.8) is 0 Å². The molecular formula is C27H31FN4O4S. The van der Waals surface area contributed by atoms with E-state index in [2.05, 4.69) is 19.2 Å². The lowest BCUT2D eigenvalue weighted by atomic mass is 9.76. The lowest BCUT2D eigenvalue weighted by Gasteiger charge is -2.31. The number of nitrogens with zero attached hydrogens (tertiary/aromatic N) is 1. The molecule has 0 aliphatic heterocycles. The topological polar surface area (TPSA) is 129 Å². The molecule has 1 fully saturated rings. The average Bonchev–Trinajstić information content (AvgIpc) is 3.38. The molecule has 10 heteroatoms. The highest BCUT2D eigenvalue weighted by atomic mass is 32.1. The fourth-order valence-electron chi connectivity index (χ4n) is 5.71. The van der Waals surface area contributed by atoms with Crippen LogP contribution in [-0.2, 0) is 16.0 Å². The number of hydrogen-bond acceptors (Lipinski definition) is 7. The zero-order valence-electron chi connectivity index (χ0n) is 20.9. The Bertz CT molecular complexity index is 1400. The molecule has 0 unspecified atom stereocenters. The molecule has 37 heavy (non-hydrogen) atoms. The first-order valence-corrected chi connectivity index (χ1v) is 13.4. The Morgan fingerprint density at radius 2 is 1.95 bits per heavy atom. The van der Waals surface area contributed by atoms with Crippen molar-refractivity contribution in [1.82, 2.24) is 4.57 Å². The summed E-state index contributed by atoms with van der Waals surface area (Å²) in [5.74, 6) is -1.91. The number of primary amides is 1. The van der Waals surface area contributed by atoms with Crippen LogP contribution in [0, 0.1) is 11.2 Å². The molecule has 5 rings (SSSR count). The Kier molecular flexibility index (Phi) is 6.57. The summed E-state index contributed by atoms with van der Waals surface area (Å²) in [5, 5.41) is 6.13. The molecule has 2 aromatic heterocycles. The molecule has 196 valence electrons. The number of esters is 1. The fraction of sp³-hybridized carbons (Fsp3) is 0.444. The van der Waals surface area contributed by atoms with Crippen LogP contribution in [0.4, 0.5) is 10.1 Å². The highest BCUT2D eigenvalue weighted by Gasteiger charge is 2.36. The van der Waals surface area contributed by atoms with Gasteiger partial charge in [-0.2, -0.15) is 0 Å². The van der Waals surface area contributed by atoms with Gasteiger partial charge in [0.15, 0.2) is 5.78 Å². The van der Waals surface area contributed by atoms with Gasteiger partial charge < -0.3 is 26.1 Å². The number of ether oxygens (including phenoxy) is 1. The number of nitrogens with one attached hydrogen (secondary N) is 1. The summed E-state index contributed by atoms with van der Waals surface area (Å²) in [5.41, 5.74) is 12.9. The molecule has 1 aromatic carbocycles. The van der Waals surface area contributed by atoms with E-state index in [1.807, 2.05) is 16.0 Å². The number of fused-ring (bicyclic) bond motifs is 3. The first kappa shape index (κ1) is 25.4. The molecule has 1 amide bonds. The van der Waals surface area contributed by atoms with E-state index in [4.69, 9.17) is 16.2 Å². The van der Waals surface area contributed by atoms with E-state index in [0.29, 0.717) is 55.5 Å². The highest BCUT2D eigenvalue weighted by molar-refractivity contribution is 7.17. The number of thiophene rings is 1. The maximum Gasteiger partial charge on any atom is 0.319 e. The molecular weight excluding hydrogens is 495 g/mol. The molecule has 2 aliphatic carbocycles. The van der Waals surface area contributed by atoms with Crippen LogP contribution in [0.25, 0.3) is 15.9 Å². The first-order chi connectivity index (χ1) is 17.6. The molecule has 1 saturated carbocycles. The maximum absolute atomic E-state index is 15.5. The SMILES string of the molecule is CC1(C)CC(=O)c2c(n(-c3cc(F)c(C(N)=O)c(N[C@H]4CC[C@H](OC(=O)CN)CC4)c3)c3sccc23)C1. The van der Waals surface area contributed by atoms with Crippen LogP contribution in [0.5, 0.6) is 0 Å². The predicted octanol–water partition coefficient (Wildman–Crippen LogP) is 4.31. The smallest absolute Gasteiger partial charge is 0.319 e. The van der Waals surface area contributed by atoms with Crippen LogP contribution in [0.1, 0.15) is 72.4 Å². The summed E-state index contributed by atoms with van der Waals surface area (Å²) in [6.07, 6.45) is 3.54. The molecule has 2 heterocycles. The second-order valence-corrected chi connectivity index (χ2v) is 11.7. The Hall–Kier alpha value is -3.24. The molecule has 0 radical (unpaired) electrons. The number of aromatic nitrogens is 1. The number of benzene rings is 1. The number of carbonyl (C=O) groups excluding carboxylic acids is 3. The summed E-state index contributed by atoms with van der Waals surface area (Å²) in [7, 11) is 0. The molecule has 3 aromatic rings. The molecule has 2 aliphatic rings. The van der Waals surface area contributed by atoms with Gasteiger partial charge in [0.1, 0.15) is 16.8 Å². The summed E-state index contributed by atoms with van der Waals surface area (Å²) < 4.78 is 22.8. The number of halogens is 1. The monoisotopic (exact) mass is 526 g/mol. The van der Waals surface area contributed by atoms with E-state index in [9.17, 15) is 14.4 Å². The zero-order chi connectivity index (χ0) is 26.5. The van der Waals surface area contributed by atoms with Crippen LogP contribution in [0.15, 0.2) is 23.6 Å². The molecule has 0 atom stereocenters. The second kappa shape index (κ2) is 9.57. The van der Waals surface area contributed by atoms with E-state index in [-0.39, 0.29) is 35.5 Å². The molecule has 0 spiro atoms. The third kappa shape index (κ3) is 4.75. The Labute approximate surface area is 218 Å². The number of nitrogens with two attached hydrogens (primary N) is 2. The van der Waals surface area contributed by atoms with Crippen molar-refractivity contribution in [2.75, 3.05) is 11.9 Å². The van der Waals surface area contributed by atoms with Gasteiger partial charge in [-0.3, -0.25) is 14.4 Å². The minimum Gasteiger partial charge on any atom is -0.461 e. The van der Waals surface area contributed by atoms with Crippen LogP contribution < -0.4 is 16.8 Å². The summed E-state index contributed by atoms with van der Waals surface area (Å²) >= 11 is 1.50. The number of rotatable bonds is 6. The van der Waals surface area contributed by atoms with Gasteiger partial charge in [-0.25, -0.2) is 4.39 Å². The van der Waals surface area contributed by atoms with Gasteiger partial charge in [0, 0.05) is 29.1 Å². The number of hydrogen-bond donors (Lipinski definition) is 3. The minimum atomic E-state index is -0.857. The summed E-state index contributed by atoms with van der Waals surface area (Å²) in [4.78, 5) is 37.7. The number of Topliss-reactive ketones (excluding diaryl/α,β-unsaturated/α-hetero) is 1. The Balaban J connectivity index is 1.52. The minimum absolute atomic E-state index is 0.0542. The third-order valence-electron chi connectivity index (χ3n) is 7.32. The van der Waals surface area contributed by atoms with Crippen molar-refractivity contribution in [1.29, 1.82) is 0 Å². The van der Waals surface area contributed by atoms with Crippen LogP contribution >= 0.6 is 11.3 Å². The van der Waals surface area contributed by atoms with Crippen LogP contribution in [0.2, 0.25) is 0 Å². The number of amides is 1. The summed E-state index contributed by atoms with van der Waals surface area (Å²) in [6.45, 7) is 3.96. The number of carbonyl (C=O) groups is 3. The second-order valence-electron chi connectivity index (χ2n) is 10.8. The predicted molar refractivity (Wildman–Crippen MR) is 141 cm³/mol. The van der Waals surface area contributed by atoms with Crippen molar-refractivity contribution in [2.45, 2.75) is 64.5 Å². The average molecular weight is 527 g/mol. The van der Waals surface area contributed by atoms with Gasteiger partial charge in [-0.15, -0.1) is 11.3 Å². The first-order valence-electron chi connectivity index (χ1n) is 12.5. The van der Waals surface area contributed by atoms with Gasteiger partial charge in [0.2, 0.25) is 0 Å². The van der Waals surface area contributed by atoms with E-state index < -0.39 is 17.7 Å². The van der Waals surface area contributed by atoms with Gasteiger partial charge in [0.25, 0.3) is 5.91 Å². The fourth-order valence-corrected chi connectivity index (χ4v) is 6.66. The van der Waals surface area contributed by atoms with Crippen molar-refractivity contribution in [2.24, 2.45) is 16.9 Å². The van der Waals surface area contributed by atoms with E-state index in [0.717, 1.165) is 15.9 Å². The lowest BCUT2D eigenvalue weighted by molar-refractivity contribution is -0.148. The van der Waals surface area contributed by atoms with E-state index >= 15 is 4.39 Å². The molecule has 8 nitrogen and oxygen atoms in total. The maximum atomic E-state index is 15.5. The molecule has 5 N–H and O–H groups in total. The summed E-state index contributed by atoms with van der Waals surface area (Å²) in [6, 6.07) is 4.95. The number of ketones is 1. The Morgan fingerprint density at radius 1 is 1.22 bits per heavy atom. The zero-order valence-corrected chi connectivity index (χ0v) is 21.8. The number of anilines is 1. The van der Waals surface area contributed by atoms with Crippen molar-refractivity contribution >= 4 is 44.9 Å². The van der Waals surface area contributed by atoms with Gasteiger partial charge in [-0.1, -0.05) is 13.8 Å². The van der Waals surface area contributed by atoms with Gasteiger partial charge in [0.05, 0.1) is 23.5 Å². The molecule has 0 bridgehead atoms. The van der Waals surface area contributed by atoms with Crippen molar-refractivity contribution in [3.8, 4) is 5.69 Å². The van der Waals surface area contributed by atoms with Crippen molar-refractivity contribution < 1.29 is 23.5 Å². The Morgan fingerprint density at radius 3 is 2.62 bits per heavy atom. The van der Waals surface area contributed by atoms with E-state index in [1.165, 1.54) is 17.4 Å². The van der Waals surface area contributed by atoms with Crippen molar-refractivity contribution in [3.05, 3.63) is 46.2 Å². The van der Waals surface area contributed by atoms with Crippen LogP contribution in [0.3, 0.4) is 0 Å². The third-order valence-corrected chi connectivity index (χ3v) is 8.22. The normalized spacial score (nSPS) is 21.0. The van der Waals surface area contributed by atoms with Gasteiger partial charge in [-0.05, 0) is 61.1 Å². The highest BCUT2D eigenvalue weighted by Crippen LogP contribution is 2.43.